The molecule has 27 heavy (non-hydrogen) atoms. The summed E-state index contributed by atoms with van der Waals surface area (Å²) in [6.07, 6.45) is 1.49. The summed E-state index contributed by atoms with van der Waals surface area (Å²) in [5, 5.41) is 19.6. The zero-order chi connectivity index (χ0) is 19.3. The fraction of sp³-hybridized carbons (Fsp3) is 0.562. The number of nitro groups is 1. The second-order valence-electron chi connectivity index (χ2n) is 6.30. The van der Waals surface area contributed by atoms with Crippen molar-refractivity contribution in [2.75, 3.05) is 32.7 Å². The molecule has 152 valence electrons. The average molecular weight is 422 g/mol. The first-order valence-corrected chi connectivity index (χ1v) is 9.85. The largest absolute Gasteiger partial charge is 0.481 e. The Morgan fingerprint density at radius 1 is 1.22 bits per heavy atom. The van der Waals surface area contributed by atoms with Crippen molar-refractivity contribution in [3.63, 3.8) is 0 Å². The van der Waals surface area contributed by atoms with E-state index in [0.29, 0.717) is 38.2 Å². The van der Waals surface area contributed by atoms with Crippen LogP contribution >= 0.6 is 12.4 Å². The van der Waals surface area contributed by atoms with Gasteiger partial charge < -0.3 is 10.0 Å². The molecule has 0 spiro atoms. The van der Waals surface area contributed by atoms with Crippen molar-refractivity contribution in [1.82, 2.24) is 9.21 Å². The molecule has 1 aliphatic rings. The van der Waals surface area contributed by atoms with Gasteiger partial charge in [-0.05, 0) is 31.9 Å². The number of nitrogens with zero attached hydrogens (tertiary/aromatic N) is 3. The van der Waals surface area contributed by atoms with Crippen molar-refractivity contribution in [1.29, 1.82) is 0 Å². The van der Waals surface area contributed by atoms with Gasteiger partial charge >= 0.3 is 5.97 Å². The third kappa shape index (κ3) is 6.13. The molecule has 0 amide bonds. The maximum atomic E-state index is 12.8. The topological polar surface area (TPSA) is 121 Å². The van der Waals surface area contributed by atoms with E-state index in [1.807, 2.05) is 0 Å². The smallest absolute Gasteiger partial charge is 0.303 e. The van der Waals surface area contributed by atoms with E-state index in [2.05, 4.69) is 4.90 Å². The van der Waals surface area contributed by atoms with Crippen LogP contribution in [0, 0.1) is 17.0 Å². The van der Waals surface area contributed by atoms with Crippen LogP contribution in [0.25, 0.3) is 0 Å². The SMILES string of the molecule is Cc1ccc([N+](=O)[O-])cc1S(=O)(=O)N1CCN(CCCCC(=O)O)CC1.Cl. The number of carboxylic acids is 1. The maximum absolute atomic E-state index is 12.8. The van der Waals surface area contributed by atoms with Crippen molar-refractivity contribution < 1.29 is 23.2 Å². The number of aryl methyl sites for hydroxylation is 1. The number of benzene rings is 1. The molecular formula is C16H24ClN3O6S. The van der Waals surface area contributed by atoms with Crippen LogP contribution in [0.15, 0.2) is 23.1 Å². The number of halogens is 1. The summed E-state index contributed by atoms with van der Waals surface area (Å²) in [6, 6.07) is 3.86. The van der Waals surface area contributed by atoms with Crippen molar-refractivity contribution in [3.05, 3.63) is 33.9 Å². The van der Waals surface area contributed by atoms with E-state index in [0.717, 1.165) is 19.0 Å². The molecule has 11 heteroatoms. The number of aliphatic carboxylic acids is 1. The molecule has 1 N–H and O–H groups in total. The van der Waals surface area contributed by atoms with Gasteiger partial charge in [-0.2, -0.15) is 4.31 Å². The predicted octanol–water partition coefficient (Wildman–Crippen LogP) is 1.89. The Labute approximate surface area is 164 Å². The van der Waals surface area contributed by atoms with E-state index in [4.69, 9.17) is 5.11 Å². The second kappa shape index (κ2) is 9.98. The van der Waals surface area contributed by atoms with Crippen molar-refractivity contribution >= 4 is 34.1 Å². The maximum Gasteiger partial charge on any atom is 0.303 e. The fourth-order valence-electron chi connectivity index (χ4n) is 2.92. The third-order valence-electron chi connectivity index (χ3n) is 4.45. The van der Waals surface area contributed by atoms with E-state index in [1.165, 1.54) is 16.4 Å². The Kier molecular flexibility index (Phi) is 8.60. The van der Waals surface area contributed by atoms with Gasteiger partial charge in [0.1, 0.15) is 0 Å². The highest BCUT2D eigenvalue weighted by atomic mass is 35.5. The predicted molar refractivity (Wildman–Crippen MR) is 102 cm³/mol. The number of nitro benzene ring substituents is 1. The van der Waals surface area contributed by atoms with Crippen molar-refractivity contribution in [2.45, 2.75) is 31.1 Å². The lowest BCUT2D eigenvalue weighted by Gasteiger charge is -2.34. The second-order valence-corrected chi connectivity index (χ2v) is 8.21. The minimum Gasteiger partial charge on any atom is -0.481 e. The highest BCUT2D eigenvalue weighted by molar-refractivity contribution is 7.89. The lowest BCUT2D eigenvalue weighted by molar-refractivity contribution is -0.385. The molecular weight excluding hydrogens is 398 g/mol. The number of non-ortho nitro benzene ring substituents is 1. The first-order valence-electron chi connectivity index (χ1n) is 8.41. The van der Waals surface area contributed by atoms with Gasteiger partial charge in [0.25, 0.3) is 5.69 Å². The monoisotopic (exact) mass is 421 g/mol. The fourth-order valence-corrected chi connectivity index (χ4v) is 4.59. The quantitative estimate of drug-likeness (QED) is 0.386. The summed E-state index contributed by atoms with van der Waals surface area (Å²) in [5.41, 5.74) is 0.234. The van der Waals surface area contributed by atoms with E-state index >= 15 is 0 Å². The van der Waals surface area contributed by atoms with Gasteiger partial charge in [-0.25, -0.2) is 8.42 Å². The van der Waals surface area contributed by atoms with Crippen LogP contribution in [0.1, 0.15) is 24.8 Å². The molecule has 0 saturated carbocycles. The molecule has 2 rings (SSSR count). The summed E-state index contributed by atoms with van der Waals surface area (Å²) < 4.78 is 27.0. The first-order chi connectivity index (χ1) is 12.2. The minimum absolute atomic E-state index is 0. The standard InChI is InChI=1S/C16H23N3O6S.ClH/c1-13-5-6-14(19(22)23)12-15(13)26(24,25)18-10-8-17(9-11-18)7-3-2-4-16(20)21;/h5-6,12H,2-4,7-11H2,1H3,(H,20,21);1H. The molecule has 0 aliphatic carbocycles. The lowest BCUT2D eigenvalue weighted by atomic mass is 10.2. The Hall–Kier alpha value is -1.75. The number of unbranched alkanes of at least 4 members (excludes halogenated alkanes) is 1. The summed E-state index contributed by atoms with van der Waals surface area (Å²) in [7, 11) is -3.78. The number of hydrogen-bond acceptors (Lipinski definition) is 6. The first kappa shape index (κ1) is 23.3. The van der Waals surface area contributed by atoms with Gasteiger partial charge in [0, 0.05) is 44.7 Å². The minimum atomic E-state index is -3.78. The van der Waals surface area contributed by atoms with Crippen LogP contribution < -0.4 is 0 Å². The van der Waals surface area contributed by atoms with Crippen molar-refractivity contribution in [2.24, 2.45) is 0 Å². The van der Waals surface area contributed by atoms with Gasteiger partial charge in [-0.1, -0.05) is 6.07 Å². The Bertz CT molecular complexity index is 778. The molecule has 0 bridgehead atoms. The van der Waals surface area contributed by atoms with E-state index in [-0.39, 0.29) is 29.4 Å². The van der Waals surface area contributed by atoms with E-state index in [9.17, 15) is 23.3 Å². The van der Waals surface area contributed by atoms with E-state index in [1.54, 1.807) is 6.92 Å². The molecule has 1 fully saturated rings. The highest BCUT2D eigenvalue weighted by Crippen LogP contribution is 2.25. The molecule has 0 aromatic heterocycles. The van der Waals surface area contributed by atoms with Gasteiger partial charge in [0.15, 0.2) is 0 Å². The zero-order valence-corrected chi connectivity index (χ0v) is 16.7. The number of carboxylic acid groups (broad SMARTS) is 1. The number of hydrogen-bond donors (Lipinski definition) is 1. The van der Waals surface area contributed by atoms with Crippen LogP contribution in [0.4, 0.5) is 5.69 Å². The lowest BCUT2D eigenvalue weighted by Crippen LogP contribution is -2.48. The number of piperazine rings is 1. The van der Waals surface area contributed by atoms with Crippen molar-refractivity contribution in [3.8, 4) is 0 Å². The molecule has 1 saturated heterocycles. The van der Waals surface area contributed by atoms with Crippen LogP contribution in [-0.4, -0.2) is 66.3 Å². The number of sulfonamides is 1. The van der Waals surface area contributed by atoms with Crippen LogP contribution in [-0.2, 0) is 14.8 Å². The molecule has 1 heterocycles. The molecule has 1 aliphatic heterocycles. The zero-order valence-electron chi connectivity index (χ0n) is 15.0. The summed E-state index contributed by atoms with van der Waals surface area (Å²) >= 11 is 0. The average Bonchev–Trinajstić information content (AvgIpc) is 2.59. The Morgan fingerprint density at radius 2 is 1.85 bits per heavy atom. The van der Waals surface area contributed by atoms with Gasteiger partial charge in [0.05, 0.1) is 9.82 Å². The van der Waals surface area contributed by atoms with Gasteiger partial charge in [-0.15, -0.1) is 12.4 Å². The van der Waals surface area contributed by atoms with Crippen LogP contribution in [0.2, 0.25) is 0 Å². The molecule has 1 aromatic rings. The van der Waals surface area contributed by atoms with E-state index < -0.39 is 20.9 Å². The highest BCUT2D eigenvalue weighted by Gasteiger charge is 2.30. The molecule has 1 aromatic carbocycles. The summed E-state index contributed by atoms with van der Waals surface area (Å²) in [6.45, 7) is 4.08. The third-order valence-corrected chi connectivity index (χ3v) is 6.49. The molecule has 0 unspecified atom stereocenters. The molecule has 9 nitrogen and oxygen atoms in total. The Balaban J connectivity index is 0.00000364. The van der Waals surface area contributed by atoms with Gasteiger partial charge in [-0.3, -0.25) is 14.9 Å². The van der Waals surface area contributed by atoms with Crippen LogP contribution in [0.3, 0.4) is 0 Å². The number of carbonyl (C=O) groups is 1. The molecule has 0 radical (unpaired) electrons. The van der Waals surface area contributed by atoms with Gasteiger partial charge in [0.2, 0.25) is 10.0 Å². The van der Waals surface area contributed by atoms with Crippen LogP contribution in [0.5, 0.6) is 0 Å². The summed E-state index contributed by atoms with van der Waals surface area (Å²) in [4.78, 5) is 22.9. The normalized spacial score (nSPS) is 15.9. The Morgan fingerprint density at radius 3 is 2.41 bits per heavy atom. The molecule has 0 atom stereocenters. The summed E-state index contributed by atoms with van der Waals surface area (Å²) in [5.74, 6) is -0.812. The number of rotatable bonds is 8.